The van der Waals surface area contributed by atoms with E-state index >= 15 is 0 Å². The van der Waals surface area contributed by atoms with Crippen molar-refractivity contribution < 1.29 is 13.6 Å². The fourth-order valence-corrected chi connectivity index (χ4v) is 6.35. The highest BCUT2D eigenvalue weighted by atomic mass is 32.1. The molecule has 144 valence electrons. The van der Waals surface area contributed by atoms with Gasteiger partial charge >= 0.3 is 7.60 Å². The number of benzene rings is 1. The second kappa shape index (κ2) is 9.61. The van der Waals surface area contributed by atoms with Crippen molar-refractivity contribution in [3.05, 3.63) is 48.7 Å². The summed E-state index contributed by atoms with van der Waals surface area (Å²) in [4.78, 5) is 5.36. The van der Waals surface area contributed by atoms with Crippen LogP contribution in [0.5, 0.6) is 0 Å². The minimum atomic E-state index is -3.46. The van der Waals surface area contributed by atoms with E-state index in [0.29, 0.717) is 18.5 Å². The summed E-state index contributed by atoms with van der Waals surface area (Å²) < 4.78 is 26.9. The molecule has 4 nitrogen and oxygen atoms in total. The van der Waals surface area contributed by atoms with Gasteiger partial charge in [0.15, 0.2) is 0 Å². The second-order valence-corrected chi connectivity index (χ2v) is 9.37. The largest absolute Gasteiger partial charge is 0.363 e. The van der Waals surface area contributed by atoms with Crippen LogP contribution in [-0.4, -0.2) is 18.2 Å². The number of pyridine rings is 1. The minimum absolute atomic E-state index is 0.422. The fraction of sp³-hybridized carbons (Fsp3) is 0.381. The Morgan fingerprint density at radius 2 is 1.63 bits per heavy atom. The van der Waals surface area contributed by atoms with Crippen LogP contribution in [0.4, 0.5) is 0 Å². The van der Waals surface area contributed by atoms with E-state index in [0.717, 1.165) is 46.3 Å². The van der Waals surface area contributed by atoms with Gasteiger partial charge in [0.05, 0.1) is 29.1 Å². The van der Waals surface area contributed by atoms with Crippen molar-refractivity contribution in [1.29, 1.82) is 0 Å². The molecule has 0 saturated heterocycles. The Balaban J connectivity index is 2.13. The van der Waals surface area contributed by atoms with Crippen LogP contribution in [-0.2, 0) is 13.6 Å². The summed E-state index contributed by atoms with van der Waals surface area (Å²) in [6.45, 7) is 5.02. The predicted molar refractivity (Wildman–Crippen MR) is 114 cm³/mol. The van der Waals surface area contributed by atoms with Gasteiger partial charge in [0.2, 0.25) is 0 Å². The summed E-state index contributed by atoms with van der Waals surface area (Å²) in [5.74, 6) is 0. The summed E-state index contributed by atoms with van der Waals surface area (Å²) in [5.41, 5.74) is 0.798. The summed E-state index contributed by atoms with van der Waals surface area (Å²) >= 11 is 1.59. The molecule has 0 aliphatic carbocycles. The van der Waals surface area contributed by atoms with Gasteiger partial charge in [-0.2, -0.15) is 0 Å². The molecule has 0 spiro atoms. The molecule has 0 radical (unpaired) electrons. The average Bonchev–Trinajstić information content (AvgIpc) is 3.09. The molecule has 0 aliphatic heterocycles. The number of unbranched alkanes of at least 4 members (excludes halogenated alkanes) is 2. The first-order valence-corrected chi connectivity index (χ1v) is 11.9. The van der Waals surface area contributed by atoms with Gasteiger partial charge in [-0.3, -0.25) is 9.55 Å². The molecule has 3 aromatic rings. The molecule has 2 aromatic heterocycles. The molecule has 1 aromatic carbocycles. The van der Waals surface area contributed by atoms with Crippen LogP contribution in [0, 0.1) is 0 Å². The van der Waals surface area contributed by atoms with E-state index in [2.05, 4.69) is 18.8 Å². The first-order chi connectivity index (χ1) is 13.2. The lowest BCUT2D eigenvalue weighted by Crippen LogP contribution is -2.13. The number of nitrogens with zero attached hydrogens (tertiary/aromatic N) is 1. The highest BCUT2D eigenvalue weighted by molar-refractivity contribution is 7.64. The SMILES string of the molecule is CCCCOP(=O)(OCCCC)c1c(-c2ccccn2)sc2ccccc12. The van der Waals surface area contributed by atoms with Gasteiger partial charge in [-0.1, -0.05) is 51.0 Å². The highest BCUT2D eigenvalue weighted by Crippen LogP contribution is 2.53. The van der Waals surface area contributed by atoms with Crippen LogP contribution in [0.25, 0.3) is 20.7 Å². The Hall–Kier alpha value is -1.52. The van der Waals surface area contributed by atoms with E-state index in [4.69, 9.17) is 9.05 Å². The maximum atomic E-state index is 14.0. The number of rotatable bonds is 10. The zero-order valence-corrected chi connectivity index (χ0v) is 17.6. The van der Waals surface area contributed by atoms with Crippen LogP contribution in [0.3, 0.4) is 0 Å². The predicted octanol–water partition coefficient (Wildman–Crippen LogP) is 6.42. The second-order valence-electron chi connectivity index (χ2n) is 6.36. The van der Waals surface area contributed by atoms with Crippen LogP contribution in [0.15, 0.2) is 48.7 Å². The lowest BCUT2D eigenvalue weighted by molar-refractivity contribution is 0.209. The van der Waals surface area contributed by atoms with Crippen LogP contribution in [0.2, 0.25) is 0 Å². The highest BCUT2D eigenvalue weighted by Gasteiger charge is 2.35. The lowest BCUT2D eigenvalue weighted by Gasteiger charge is -2.20. The first kappa shape index (κ1) is 20.2. The smallest absolute Gasteiger partial charge is 0.305 e. The zero-order valence-electron chi connectivity index (χ0n) is 15.9. The maximum absolute atomic E-state index is 14.0. The summed E-state index contributed by atoms with van der Waals surface area (Å²) in [7, 11) is -3.46. The van der Waals surface area contributed by atoms with Crippen molar-refractivity contribution in [3.63, 3.8) is 0 Å². The molecular weight excluding hydrogens is 377 g/mol. The van der Waals surface area contributed by atoms with Crippen molar-refractivity contribution in [2.24, 2.45) is 0 Å². The monoisotopic (exact) mass is 403 g/mol. The van der Waals surface area contributed by atoms with Crippen molar-refractivity contribution in [3.8, 4) is 10.6 Å². The number of thiophene rings is 1. The van der Waals surface area contributed by atoms with Crippen molar-refractivity contribution in [1.82, 2.24) is 4.98 Å². The van der Waals surface area contributed by atoms with Crippen LogP contribution < -0.4 is 5.30 Å². The Labute approximate surface area is 165 Å². The normalized spacial score (nSPS) is 11.9. The van der Waals surface area contributed by atoms with Gasteiger partial charge in [-0.25, -0.2) is 0 Å². The van der Waals surface area contributed by atoms with Crippen molar-refractivity contribution in [2.45, 2.75) is 39.5 Å². The molecule has 0 bridgehead atoms. The molecule has 0 amide bonds. The van der Waals surface area contributed by atoms with E-state index in [1.807, 2.05) is 42.5 Å². The van der Waals surface area contributed by atoms with E-state index < -0.39 is 7.60 Å². The molecule has 0 saturated carbocycles. The molecule has 0 unspecified atom stereocenters. The molecule has 0 fully saturated rings. The molecule has 0 aliphatic rings. The van der Waals surface area contributed by atoms with Crippen LogP contribution in [0.1, 0.15) is 39.5 Å². The van der Waals surface area contributed by atoms with Gasteiger partial charge < -0.3 is 9.05 Å². The van der Waals surface area contributed by atoms with E-state index in [-0.39, 0.29) is 0 Å². The number of aromatic nitrogens is 1. The van der Waals surface area contributed by atoms with Gasteiger partial charge in [0.1, 0.15) is 0 Å². The number of hydrogen-bond acceptors (Lipinski definition) is 5. The molecule has 6 heteroatoms. The third-order valence-corrected chi connectivity index (χ3v) is 7.66. The summed E-state index contributed by atoms with van der Waals surface area (Å²) in [5, 5.41) is 1.59. The Kier molecular flexibility index (Phi) is 7.20. The fourth-order valence-electron chi connectivity index (χ4n) is 2.80. The van der Waals surface area contributed by atoms with Crippen molar-refractivity contribution >= 4 is 34.3 Å². The lowest BCUT2D eigenvalue weighted by atomic mass is 10.2. The number of fused-ring (bicyclic) bond motifs is 1. The van der Waals surface area contributed by atoms with Crippen LogP contribution >= 0.6 is 18.9 Å². The average molecular weight is 403 g/mol. The Morgan fingerprint density at radius 1 is 0.963 bits per heavy atom. The topological polar surface area (TPSA) is 48.4 Å². The maximum Gasteiger partial charge on any atom is 0.363 e. The molecule has 0 N–H and O–H groups in total. The van der Waals surface area contributed by atoms with Crippen molar-refractivity contribution in [2.75, 3.05) is 13.2 Å². The van der Waals surface area contributed by atoms with Gasteiger partial charge in [0, 0.05) is 16.3 Å². The standard InChI is InChI=1S/C21H26NO3PS/c1-3-5-15-24-26(23,25-16-6-4-2)20-17-11-7-8-13-19(17)27-21(20)18-12-9-10-14-22-18/h7-14H,3-6,15-16H2,1-2H3. The molecular formula is C21H26NO3PS. The van der Waals surface area contributed by atoms with E-state index in [1.54, 1.807) is 17.5 Å². The zero-order chi connectivity index (χ0) is 19.1. The molecule has 27 heavy (non-hydrogen) atoms. The van der Waals surface area contributed by atoms with E-state index in [9.17, 15) is 4.57 Å². The summed E-state index contributed by atoms with van der Waals surface area (Å²) in [6, 6.07) is 13.7. The molecule has 2 heterocycles. The minimum Gasteiger partial charge on any atom is -0.305 e. The molecule has 0 atom stereocenters. The summed E-state index contributed by atoms with van der Waals surface area (Å²) in [6.07, 6.45) is 5.41. The third-order valence-electron chi connectivity index (χ3n) is 4.26. The van der Waals surface area contributed by atoms with E-state index in [1.165, 1.54) is 0 Å². The van der Waals surface area contributed by atoms with Gasteiger partial charge in [-0.05, 0) is 31.0 Å². The molecule has 3 rings (SSSR count). The Morgan fingerprint density at radius 3 is 2.26 bits per heavy atom. The Bertz CT molecular complexity index is 896. The number of hydrogen-bond donors (Lipinski definition) is 0. The quantitative estimate of drug-likeness (QED) is 0.290. The van der Waals surface area contributed by atoms with Gasteiger partial charge in [0.25, 0.3) is 0 Å². The first-order valence-electron chi connectivity index (χ1n) is 9.52. The van der Waals surface area contributed by atoms with Gasteiger partial charge in [-0.15, -0.1) is 11.3 Å². The third kappa shape index (κ3) is 4.67.